The highest BCUT2D eigenvalue weighted by molar-refractivity contribution is 6.32. The molecule has 9 nitrogen and oxygen atoms in total. The quantitative estimate of drug-likeness (QED) is 0.313. The predicted octanol–water partition coefficient (Wildman–Crippen LogP) is 4.40. The van der Waals surface area contributed by atoms with E-state index in [4.69, 9.17) is 11.6 Å². The Bertz CT molecular complexity index is 1510. The number of para-hydroxylation sites is 1. The third kappa shape index (κ3) is 3.50. The lowest BCUT2D eigenvalue weighted by atomic mass is 9.84. The van der Waals surface area contributed by atoms with Crippen LogP contribution in [0.4, 0.5) is 17.1 Å². The van der Waals surface area contributed by atoms with Gasteiger partial charge in [-0.15, -0.1) is 0 Å². The minimum Gasteiger partial charge on any atom is -0.357 e. The SMILES string of the molecule is O=C(Nc1ccc(Cl)c([N+](=O)[O-])c1)C1C2C(=O)N(c3ccccc3)C(=O)C2C2c3ccccc3C=CN12. The first-order valence-electron chi connectivity index (χ1n) is 11.6. The average molecular weight is 515 g/mol. The molecule has 2 saturated heterocycles. The Labute approximate surface area is 216 Å². The zero-order valence-corrected chi connectivity index (χ0v) is 19.9. The number of nitro benzene ring substituents is 1. The molecule has 0 aliphatic carbocycles. The number of nitrogens with zero attached hydrogens (tertiary/aromatic N) is 3. The summed E-state index contributed by atoms with van der Waals surface area (Å²) < 4.78 is 0. The van der Waals surface area contributed by atoms with Gasteiger partial charge in [0.05, 0.1) is 28.5 Å². The summed E-state index contributed by atoms with van der Waals surface area (Å²) in [5, 5.41) is 14.0. The maximum absolute atomic E-state index is 13.8. The van der Waals surface area contributed by atoms with E-state index in [1.807, 2.05) is 30.3 Å². The number of carbonyl (C=O) groups excluding carboxylic acids is 3. The highest BCUT2D eigenvalue weighted by Gasteiger charge is 2.64. The number of rotatable bonds is 4. The summed E-state index contributed by atoms with van der Waals surface area (Å²) in [6, 6.07) is 18.6. The molecule has 0 spiro atoms. The largest absolute Gasteiger partial charge is 0.357 e. The van der Waals surface area contributed by atoms with Gasteiger partial charge in [-0.1, -0.05) is 54.1 Å². The van der Waals surface area contributed by atoms with Crippen LogP contribution in [0.15, 0.2) is 79.0 Å². The van der Waals surface area contributed by atoms with Crippen molar-refractivity contribution in [1.29, 1.82) is 0 Å². The molecule has 4 atom stereocenters. The molecular formula is C27H19ClN4O5. The third-order valence-electron chi connectivity index (χ3n) is 7.15. The van der Waals surface area contributed by atoms with Gasteiger partial charge in [-0.3, -0.25) is 24.5 Å². The number of halogens is 1. The number of nitrogens with one attached hydrogen (secondary N) is 1. The molecule has 3 aliphatic heterocycles. The maximum atomic E-state index is 13.8. The molecule has 1 N–H and O–H groups in total. The zero-order chi connectivity index (χ0) is 25.8. The molecule has 4 unspecified atom stereocenters. The van der Waals surface area contributed by atoms with Gasteiger partial charge < -0.3 is 10.2 Å². The maximum Gasteiger partial charge on any atom is 0.289 e. The van der Waals surface area contributed by atoms with E-state index in [9.17, 15) is 24.5 Å². The van der Waals surface area contributed by atoms with Crippen molar-refractivity contribution in [3.8, 4) is 0 Å². The Morgan fingerprint density at radius 2 is 1.65 bits per heavy atom. The molecule has 37 heavy (non-hydrogen) atoms. The first kappa shape index (κ1) is 22.9. The van der Waals surface area contributed by atoms with Crippen LogP contribution in [-0.2, 0) is 14.4 Å². The average Bonchev–Trinajstić information content (AvgIpc) is 3.38. The number of anilines is 2. The van der Waals surface area contributed by atoms with Crippen LogP contribution >= 0.6 is 11.6 Å². The lowest BCUT2D eigenvalue weighted by molar-refractivity contribution is -0.384. The molecular weight excluding hydrogens is 496 g/mol. The first-order valence-corrected chi connectivity index (χ1v) is 12.0. The van der Waals surface area contributed by atoms with Crippen LogP contribution in [0.25, 0.3) is 6.08 Å². The number of fused-ring (bicyclic) bond motifs is 5. The van der Waals surface area contributed by atoms with E-state index in [0.717, 1.165) is 11.1 Å². The molecule has 0 bridgehead atoms. The van der Waals surface area contributed by atoms with E-state index in [1.165, 1.54) is 23.1 Å². The Kier molecular flexibility index (Phi) is 5.31. The number of carbonyl (C=O) groups is 3. The molecule has 184 valence electrons. The fourth-order valence-corrected chi connectivity index (χ4v) is 5.82. The first-order chi connectivity index (χ1) is 17.9. The smallest absolute Gasteiger partial charge is 0.289 e. The lowest BCUT2D eigenvalue weighted by Gasteiger charge is -2.35. The standard InChI is InChI=1S/C27H19ClN4O5/c28-19-11-10-16(14-20(19)32(36)37)29-25(33)24-22-21(23-18-9-5-4-6-15(18)12-13-30(23)24)26(34)31(27(22)35)17-7-2-1-3-8-17/h1-14,21-24H,(H,29,33). The molecule has 3 aliphatic rings. The highest BCUT2D eigenvalue weighted by Crippen LogP contribution is 2.53. The summed E-state index contributed by atoms with van der Waals surface area (Å²) >= 11 is 5.92. The number of imide groups is 1. The Morgan fingerprint density at radius 1 is 0.946 bits per heavy atom. The van der Waals surface area contributed by atoms with E-state index in [1.54, 1.807) is 41.4 Å². The Balaban J connectivity index is 1.42. The van der Waals surface area contributed by atoms with Crippen molar-refractivity contribution in [2.75, 3.05) is 10.2 Å². The van der Waals surface area contributed by atoms with Gasteiger partial charge in [0.1, 0.15) is 11.1 Å². The van der Waals surface area contributed by atoms with Crippen molar-refractivity contribution in [3.05, 3.63) is 105 Å². The molecule has 2 fully saturated rings. The molecule has 0 aromatic heterocycles. The van der Waals surface area contributed by atoms with E-state index in [2.05, 4.69) is 5.32 Å². The lowest BCUT2D eigenvalue weighted by Crippen LogP contribution is -2.46. The van der Waals surface area contributed by atoms with Crippen LogP contribution in [-0.4, -0.2) is 33.6 Å². The summed E-state index contributed by atoms with van der Waals surface area (Å²) in [5.74, 6) is -3.10. The van der Waals surface area contributed by atoms with Crippen molar-refractivity contribution in [2.45, 2.75) is 12.1 Å². The van der Waals surface area contributed by atoms with Crippen LogP contribution in [0.3, 0.4) is 0 Å². The number of nitro groups is 1. The minimum atomic E-state index is -1.01. The summed E-state index contributed by atoms with van der Waals surface area (Å²) in [4.78, 5) is 54.9. The number of amides is 3. The number of hydrogen-bond donors (Lipinski definition) is 1. The Hall–Kier alpha value is -4.50. The van der Waals surface area contributed by atoms with Gasteiger partial charge in [0, 0.05) is 18.0 Å². The van der Waals surface area contributed by atoms with Crippen LogP contribution in [0.2, 0.25) is 5.02 Å². The second kappa shape index (κ2) is 8.56. The van der Waals surface area contributed by atoms with E-state index >= 15 is 0 Å². The normalized spacial score (nSPS) is 23.5. The van der Waals surface area contributed by atoms with Crippen molar-refractivity contribution >= 4 is 52.5 Å². The van der Waals surface area contributed by atoms with Crippen molar-refractivity contribution in [1.82, 2.24) is 4.90 Å². The van der Waals surface area contributed by atoms with Crippen LogP contribution in [0.1, 0.15) is 17.2 Å². The van der Waals surface area contributed by atoms with Crippen molar-refractivity contribution in [2.24, 2.45) is 11.8 Å². The van der Waals surface area contributed by atoms with Gasteiger partial charge >= 0.3 is 0 Å². The molecule has 0 radical (unpaired) electrons. The predicted molar refractivity (Wildman–Crippen MR) is 136 cm³/mol. The second-order valence-corrected chi connectivity index (χ2v) is 9.50. The van der Waals surface area contributed by atoms with Crippen LogP contribution in [0.5, 0.6) is 0 Å². The van der Waals surface area contributed by atoms with E-state index in [-0.39, 0.29) is 22.3 Å². The number of hydrogen-bond acceptors (Lipinski definition) is 6. The zero-order valence-electron chi connectivity index (χ0n) is 19.2. The minimum absolute atomic E-state index is 0.0605. The molecule has 6 rings (SSSR count). The molecule has 3 aromatic carbocycles. The summed E-state index contributed by atoms with van der Waals surface area (Å²) in [7, 11) is 0. The van der Waals surface area contributed by atoms with Gasteiger partial charge in [0.15, 0.2) is 0 Å². The summed E-state index contributed by atoms with van der Waals surface area (Å²) in [6.45, 7) is 0. The van der Waals surface area contributed by atoms with Gasteiger partial charge in [0.2, 0.25) is 17.7 Å². The fourth-order valence-electron chi connectivity index (χ4n) is 5.64. The van der Waals surface area contributed by atoms with E-state index in [0.29, 0.717) is 5.69 Å². The monoisotopic (exact) mass is 514 g/mol. The Morgan fingerprint density at radius 3 is 2.41 bits per heavy atom. The fraction of sp³-hybridized carbons (Fsp3) is 0.148. The van der Waals surface area contributed by atoms with Gasteiger partial charge in [-0.05, 0) is 41.5 Å². The number of benzene rings is 3. The van der Waals surface area contributed by atoms with Gasteiger partial charge in [0.25, 0.3) is 5.69 Å². The molecule has 3 amide bonds. The van der Waals surface area contributed by atoms with Crippen LogP contribution in [0, 0.1) is 22.0 Å². The van der Waals surface area contributed by atoms with Crippen molar-refractivity contribution in [3.63, 3.8) is 0 Å². The summed E-state index contributed by atoms with van der Waals surface area (Å²) in [5.41, 5.74) is 2.03. The molecule has 0 saturated carbocycles. The van der Waals surface area contributed by atoms with Crippen LogP contribution < -0.4 is 10.2 Å². The molecule has 3 heterocycles. The highest BCUT2D eigenvalue weighted by atomic mass is 35.5. The topological polar surface area (TPSA) is 113 Å². The van der Waals surface area contributed by atoms with Gasteiger partial charge in [-0.25, -0.2) is 4.90 Å². The second-order valence-electron chi connectivity index (χ2n) is 9.09. The summed E-state index contributed by atoms with van der Waals surface area (Å²) in [6.07, 6.45) is 3.59. The molecule has 3 aromatic rings. The van der Waals surface area contributed by atoms with Gasteiger partial charge in [-0.2, -0.15) is 0 Å². The molecule has 10 heteroatoms. The van der Waals surface area contributed by atoms with Crippen molar-refractivity contribution < 1.29 is 19.3 Å². The third-order valence-corrected chi connectivity index (χ3v) is 7.47. The van der Waals surface area contributed by atoms with E-state index < -0.39 is 40.7 Å².